The van der Waals surface area contributed by atoms with Crippen LogP contribution in [0.15, 0.2) is 0 Å². The van der Waals surface area contributed by atoms with Crippen LogP contribution in [0.4, 0.5) is 0 Å². The van der Waals surface area contributed by atoms with Gasteiger partial charge in [-0.1, -0.05) is 0 Å². The molecule has 0 N–H and O–H groups in total. The molecular weight excluding hydrogens is 96.1 g/mol. The van der Waals surface area contributed by atoms with Crippen LogP contribution in [0.5, 0.6) is 0 Å². The molecule has 1 aliphatic heterocycles. The summed E-state index contributed by atoms with van der Waals surface area (Å²) in [6.45, 7) is 1.77. The standard InChI is InChI=1S/C3H6O2Si/c1-2-4-6-5-3-1/h1-3H2. The van der Waals surface area contributed by atoms with Gasteiger partial charge in [0, 0.05) is 13.2 Å². The summed E-state index contributed by atoms with van der Waals surface area (Å²) >= 11 is 0. The molecule has 0 aliphatic carbocycles. The van der Waals surface area contributed by atoms with Crippen molar-refractivity contribution in [1.82, 2.24) is 0 Å². The van der Waals surface area contributed by atoms with Crippen molar-refractivity contribution < 1.29 is 8.85 Å². The SMILES string of the molecule is C1CO[Si]OC1. The number of hydrogen-bond acceptors (Lipinski definition) is 2. The van der Waals surface area contributed by atoms with Gasteiger partial charge in [-0.25, -0.2) is 0 Å². The third kappa shape index (κ3) is 1.08. The summed E-state index contributed by atoms with van der Waals surface area (Å²) in [6.07, 6.45) is 1.06. The molecule has 2 nitrogen and oxygen atoms in total. The molecule has 0 unspecified atom stereocenters. The Balaban J connectivity index is 2.00. The zero-order valence-electron chi connectivity index (χ0n) is 3.44. The molecule has 3 heteroatoms. The molecule has 0 aromatic heterocycles. The lowest BCUT2D eigenvalue weighted by molar-refractivity contribution is 0.156. The zero-order valence-corrected chi connectivity index (χ0v) is 4.44. The fraction of sp³-hybridized carbons (Fsp3) is 1.00. The summed E-state index contributed by atoms with van der Waals surface area (Å²) in [5.74, 6) is 0. The summed E-state index contributed by atoms with van der Waals surface area (Å²) in [5, 5.41) is 0. The maximum absolute atomic E-state index is 4.88. The van der Waals surface area contributed by atoms with E-state index in [1.54, 1.807) is 0 Å². The highest BCUT2D eigenvalue weighted by atomic mass is 28.3. The topological polar surface area (TPSA) is 18.5 Å². The molecule has 1 fully saturated rings. The Bertz CT molecular complexity index is 24.3. The van der Waals surface area contributed by atoms with E-state index in [1.165, 1.54) is 0 Å². The second-order valence-electron chi connectivity index (χ2n) is 1.13. The van der Waals surface area contributed by atoms with E-state index in [9.17, 15) is 0 Å². The van der Waals surface area contributed by atoms with Crippen molar-refractivity contribution in [2.24, 2.45) is 0 Å². The molecule has 0 aromatic rings. The summed E-state index contributed by atoms with van der Waals surface area (Å²) in [5.41, 5.74) is 0. The fourth-order valence-electron chi connectivity index (χ4n) is 0.328. The lowest BCUT2D eigenvalue weighted by atomic mass is 10.5. The third-order valence-electron chi connectivity index (χ3n) is 0.611. The molecule has 1 aliphatic rings. The van der Waals surface area contributed by atoms with E-state index in [4.69, 9.17) is 8.85 Å². The van der Waals surface area contributed by atoms with Crippen LogP contribution in [0.1, 0.15) is 6.42 Å². The Labute approximate surface area is 39.5 Å². The first-order chi connectivity index (χ1) is 3.00. The molecule has 1 saturated heterocycles. The summed E-state index contributed by atoms with van der Waals surface area (Å²) in [7, 11) is 0.302. The highest BCUT2D eigenvalue weighted by Gasteiger charge is 1.98. The number of hydrogen-bond donors (Lipinski definition) is 0. The van der Waals surface area contributed by atoms with Crippen LogP contribution < -0.4 is 0 Å². The van der Waals surface area contributed by atoms with E-state index in [-0.39, 0.29) is 0 Å². The Hall–Kier alpha value is 0.137. The first-order valence-electron chi connectivity index (χ1n) is 1.99. The minimum Gasteiger partial charge on any atom is -0.393 e. The lowest BCUT2D eigenvalue weighted by Gasteiger charge is -2.07. The minimum absolute atomic E-state index is 0.302. The average molecular weight is 102 g/mol. The van der Waals surface area contributed by atoms with Crippen LogP contribution >= 0.6 is 0 Å². The van der Waals surface area contributed by atoms with Gasteiger partial charge in [0.2, 0.25) is 0 Å². The van der Waals surface area contributed by atoms with Crippen molar-refractivity contribution in [2.45, 2.75) is 6.42 Å². The quantitative estimate of drug-likeness (QED) is 0.399. The van der Waals surface area contributed by atoms with E-state index in [0.717, 1.165) is 19.6 Å². The predicted molar refractivity (Wildman–Crippen MR) is 22.3 cm³/mol. The molecule has 0 saturated carbocycles. The van der Waals surface area contributed by atoms with Gasteiger partial charge in [0.05, 0.1) is 0 Å². The van der Waals surface area contributed by atoms with E-state index < -0.39 is 0 Å². The molecular formula is C3H6O2Si. The van der Waals surface area contributed by atoms with Gasteiger partial charge in [0.25, 0.3) is 0 Å². The largest absolute Gasteiger partial charge is 0.433 e. The number of rotatable bonds is 0. The molecule has 0 aromatic carbocycles. The molecule has 2 radical (unpaired) electrons. The van der Waals surface area contributed by atoms with Gasteiger partial charge in [-0.2, -0.15) is 0 Å². The van der Waals surface area contributed by atoms with Gasteiger partial charge in [0.15, 0.2) is 0 Å². The van der Waals surface area contributed by atoms with Crippen molar-refractivity contribution in [2.75, 3.05) is 13.2 Å². The van der Waals surface area contributed by atoms with Crippen LogP contribution in [0, 0.1) is 0 Å². The molecule has 1 rings (SSSR count). The molecule has 0 amide bonds. The highest BCUT2D eigenvalue weighted by Crippen LogP contribution is 1.89. The second kappa shape index (κ2) is 2.33. The van der Waals surface area contributed by atoms with Gasteiger partial charge >= 0.3 is 10.0 Å². The van der Waals surface area contributed by atoms with Crippen molar-refractivity contribution >= 4 is 10.0 Å². The summed E-state index contributed by atoms with van der Waals surface area (Å²) < 4.78 is 9.75. The highest BCUT2D eigenvalue weighted by molar-refractivity contribution is 6.18. The smallest absolute Gasteiger partial charge is 0.393 e. The van der Waals surface area contributed by atoms with Crippen LogP contribution in [-0.2, 0) is 8.85 Å². The molecule has 0 atom stereocenters. The summed E-state index contributed by atoms with van der Waals surface area (Å²) in [4.78, 5) is 0. The Morgan fingerprint density at radius 1 is 1.17 bits per heavy atom. The first-order valence-corrected chi connectivity index (χ1v) is 2.80. The van der Waals surface area contributed by atoms with Crippen LogP contribution in [0.2, 0.25) is 0 Å². The van der Waals surface area contributed by atoms with Gasteiger partial charge in [0.1, 0.15) is 0 Å². The molecule has 0 bridgehead atoms. The van der Waals surface area contributed by atoms with Crippen LogP contribution in [0.25, 0.3) is 0 Å². The first kappa shape index (κ1) is 4.30. The fourth-order valence-corrected chi connectivity index (χ4v) is 0.867. The van der Waals surface area contributed by atoms with Crippen molar-refractivity contribution in [3.05, 3.63) is 0 Å². The molecule has 0 spiro atoms. The maximum atomic E-state index is 4.88. The Morgan fingerprint density at radius 3 is 2.00 bits per heavy atom. The molecule has 1 heterocycles. The van der Waals surface area contributed by atoms with E-state index in [0.29, 0.717) is 10.0 Å². The average Bonchev–Trinajstić information content (AvgIpc) is 1.72. The van der Waals surface area contributed by atoms with Crippen LogP contribution in [0.3, 0.4) is 0 Å². The van der Waals surface area contributed by atoms with Crippen LogP contribution in [-0.4, -0.2) is 23.2 Å². The maximum Gasteiger partial charge on any atom is 0.433 e. The second-order valence-corrected chi connectivity index (χ2v) is 1.88. The monoisotopic (exact) mass is 102 g/mol. The van der Waals surface area contributed by atoms with E-state index >= 15 is 0 Å². The van der Waals surface area contributed by atoms with E-state index in [2.05, 4.69) is 0 Å². The predicted octanol–water partition coefficient (Wildman–Crippen LogP) is -0.0425. The van der Waals surface area contributed by atoms with Crippen molar-refractivity contribution in [3.8, 4) is 0 Å². The van der Waals surface area contributed by atoms with E-state index in [1.807, 2.05) is 0 Å². The molecule has 6 heavy (non-hydrogen) atoms. The van der Waals surface area contributed by atoms with Gasteiger partial charge < -0.3 is 8.85 Å². The third-order valence-corrected chi connectivity index (χ3v) is 1.25. The Kier molecular flexibility index (Phi) is 1.67. The van der Waals surface area contributed by atoms with Gasteiger partial charge in [-0.15, -0.1) is 0 Å². The van der Waals surface area contributed by atoms with Gasteiger partial charge in [-0.3, -0.25) is 0 Å². The Morgan fingerprint density at radius 2 is 1.83 bits per heavy atom. The van der Waals surface area contributed by atoms with Crippen molar-refractivity contribution in [3.63, 3.8) is 0 Å². The summed E-state index contributed by atoms with van der Waals surface area (Å²) in [6, 6.07) is 0. The minimum atomic E-state index is 0.302. The molecule has 34 valence electrons. The zero-order chi connectivity index (χ0) is 4.24. The normalized spacial score (nSPS) is 24.0. The van der Waals surface area contributed by atoms with Crippen molar-refractivity contribution in [1.29, 1.82) is 0 Å². The van der Waals surface area contributed by atoms with Gasteiger partial charge in [-0.05, 0) is 6.42 Å². The lowest BCUT2D eigenvalue weighted by Crippen LogP contribution is -2.14.